The molecule has 3 rings (SSSR count). The van der Waals surface area contributed by atoms with Crippen LogP contribution in [0, 0.1) is 6.92 Å². The van der Waals surface area contributed by atoms with E-state index in [1.165, 1.54) is 0 Å². The molecule has 1 saturated heterocycles. The Morgan fingerprint density at radius 1 is 1.12 bits per heavy atom. The van der Waals surface area contributed by atoms with Crippen molar-refractivity contribution in [2.24, 2.45) is 0 Å². The van der Waals surface area contributed by atoms with Crippen molar-refractivity contribution in [3.63, 3.8) is 0 Å². The number of nitrogens with one attached hydrogen (secondary N) is 1. The molecule has 2 aromatic rings. The third kappa shape index (κ3) is 3.67. The highest BCUT2D eigenvalue weighted by molar-refractivity contribution is 7.90. The van der Waals surface area contributed by atoms with E-state index < -0.39 is 15.3 Å². The van der Waals surface area contributed by atoms with Crippen molar-refractivity contribution in [1.82, 2.24) is 9.79 Å². The Bertz CT molecular complexity index is 776. The number of hydrogen-bond donors (Lipinski definition) is 1. The van der Waals surface area contributed by atoms with E-state index in [0.717, 1.165) is 16.7 Å². The van der Waals surface area contributed by atoms with Crippen molar-refractivity contribution in [2.45, 2.75) is 24.8 Å². The number of hydrogen-bond acceptors (Lipinski definition) is 4. The summed E-state index contributed by atoms with van der Waals surface area (Å²) in [6.07, 6.45) is 0. The molecule has 0 radical (unpaired) electrons. The summed E-state index contributed by atoms with van der Waals surface area (Å²) in [6.45, 7) is 2.44. The molecule has 1 fully saturated rings. The lowest BCUT2D eigenvalue weighted by atomic mass is 10.0. The molecule has 1 aliphatic rings. The van der Waals surface area contributed by atoms with Crippen LogP contribution in [0.15, 0.2) is 54.6 Å². The fraction of sp³-hybridized carbons (Fsp3) is 0.333. The number of benzene rings is 2. The molecule has 1 N–H and O–H groups in total. The molecule has 0 aromatic heterocycles. The van der Waals surface area contributed by atoms with E-state index in [1.54, 1.807) is 12.1 Å². The highest BCUT2D eigenvalue weighted by Crippen LogP contribution is 2.33. The molecule has 24 heavy (non-hydrogen) atoms. The van der Waals surface area contributed by atoms with Crippen molar-refractivity contribution in [1.29, 1.82) is 0 Å². The minimum absolute atomic E-state index is 0.152. The molecule has 0 bridgehead atoms. The SMILES string of the molecule is Cc1ccc(CNS(=O)(=O)[C@H]2CON(C)[C@@H]2c2ccccc2)cc1. The van der Waals surface area contributed by atoms with E-state index in [0.29, 0.717) is 0 Å². The van der Waals surface area contributed by atoms with E-state index in [-0.39, 0.29) is 19.2 Å². The summed E-state index contributed by atoms with van der Waals surface area (Å²) in [4.78, 5) is 5.50. The van der Waals surface area contributed by atoms with Gasteiger partial charge in [-0.3, -0.25) is 4.84 Å². The molecule has 2 atom stereocenters. The predicted octanol–water partition coefficient (Wildman–Crippen LogP) is 2.40. The Balaban J connectivity index is 1.76. The highest BCUT2D eigenvalue weighted by atomic mass is 32.2. The van der Waals surface area contributed by atoms with Gasteiger partial charge in [-0.05, 0) is 18.1 Å². The van der Waals surface area contributed by atoms with Crippen LogP contribution >= 0.6 is 0 Å². The van der Waals surface area contributed by atoms with Crippen molar-refractivity contribution in [3.8, 4) is 0 Å². The second-order valence-electron chi connectivity index (χ2n) is 6.09. The molecule has 0 saturated carbocycles. The lowest BCUT2D eigenvalue weighted by Gasteiger charge is -2.23. The van der Waals surface area contributed by atoms with E-state index in [2.05, 4.69) is 4.72 Å². The quantitative estimate of drug-likeness (QED) is 0.903. The first-order valence-corrected chi connectivity index (χ1v) is 9.47. The van der Waals surface area contributed by atoms with Gasteiger partial charge in [-0.2, -0.15) is 5.06 Å². The minimum Gasteiger partial charge on any atom is -0.297 e. The minimum atomic E-state index is -3.52. The topological polar surface area (TPSA) is 58.6 Å². The van der Waals surface area contributed by atoms with Gasteiger partial charge in [0.15, 0.2) is 0 Å². The van der Waals surface area contributed by atoms with Crippen molar-refractivity contribution in [2.75, 3.05) is 13.7 Å². The maximum atomic E-state index is 12.8. The molecule has 1 heterocycles. The van der Waals surface area contributed by atoms with Crippen LogP contribution in [-0.2, 0) is 21.4 Å². The van der Waals surface area contributed by atoms with Crippen LogP contribution in [0.5, 0.6) is 0 Å². The van der Waals surface area contributed by atoms with Crippen LogP contribution in [0.3, 0.4) is 0 Å². The van der Waals surface area contributed by atoms with E-state index in [9.17, 15) is 8.42 Å². The number of rotatable bonds is 5. The van der Waals surface area contributed by atoms with E-state index in [4.69, 9.17) is 4.84 Å². The van der Waals surface area contributed by atoms with E-state index in [1.807, 2.05) is 61.5 Å². The first kappa shape index (κ1) is 17.1. The van der Waals surface area contributed by atoms with Crippen molar-refractivity contribution in [3.05, 3.63) is 71.3 Å². The van der Waals surface area contributed by atoms with Gasteiger partial charge in [0.1, 0.15) is 5.25 Å². The average molecular weight is 346 g/mol. The molecule has 5 nitrogen and oxygen atoms in total. The average Bonchev–Trinajstić information content (AvgIpc) is 2.98. The zero-order chi connectivity index (χ0) is 17.2. The fourth-order valence-electron chi connectivity index (χ4n) is 2.93. The van der Waals surface area contributed by atoms with Gasteiger partial charge in [-0.25, -0.2) is 13.1 Å². The van der Waals surface area contributed by atoms with Gasteiger partial charge in [0, 0.05) is 13.6 Å². The number of sulfonamides is 1. The Labute approximate surface area is 143 Å². The number of aryl methyl sites for hydroxylation is 1. The maximum absolute atomic E-state index is 12.8. The second kappa shape index (κ2) is 7.03. The normalized spacial score (nSPS) is 21.9. The number of hydroxylamine groups is 2. The van der Waals surface area contributed by atoms with Gasteiger partial charge in [0.2, 0.25) is 10.0 Å². The van der Waals surface area contributed by atoms with Crippen LogP contribution in [-0.4, -0.2) is 32.4 Å². The van der Waals surface area contributed by atoms with Crippen LogP contribution in [0.4, 0.5) is 0 Å². The Kier molecular flexibility index (Phi) is 5.01. The first-order valence-electron chi connectivity index (χ1n) is 7.92. The van der Waals surface area contributed by atoms with Crippen LogP contribution in [0.2, 0.25) is 0 Å². The van der Waals surface area contributed by atoms with Gasteiger partial charge in [0.05, 0.1) is 12.6 Å². The Morgan fingerprint density at radius 3 is 2.46 bits per heavy atom. The summed E-state index contributed by atoms with van der Waals surface area (Å²) in [7, 11) is -1.74. The predicted molar refractivity (Wildman–Crippen MR) is 93.6 cm³/mol. The van der Waals surface area contributed by atoms with Crippen molar-refractivity contribution >= 4 is 10.0 Å². The largest absolute Gasteiger partial charge is 0.297 e. The second-order valence-corrected chi connectivity index (χ2v) is 8.07. The molecule has 0 spiro atoms. The van der Waals surface area contributed by atoms with Gasteiger partial charge in [-0.15, -0.1) is 0 Å². The summed E-state index contributed by atoms with van der Waals surface area (Å²) in [5.74, 6) is 0. The monoisotopic (exact) mass is 346 g/mol. The maximum Gasteiger partial charge on any atom is 0.219 e. The van der Waals surface area contributed by atoms with Gasteiger partial charge >= 0.3 is 0 Å². The zero-order valence-corrected chi connectivity index (χ0v) is 14.7. The molecule has 6 heteroatoms. The van der Waals surface area contributed by atoms with Crippen LogP contribution in [0.1, 0.15) is 22.7 Å². The molecule has 1 aliphatic heterocycles. The summed E-state index contributed by atoms with van der Waals surface area (Å²) >= 11 is 0. The highest BCUT2D eigenvalue weighted by Gasteiger charge is 2.42. The molecule has 0 amide bonds. The lowest BCUT2D eigenvalue weighted by Crippen LogP contribution is -2.39. The molecule has 0 unspecified atom stereocenters. The van der Waals surface area contributed by atoms with Gasteiger partial charge in [-0.1, -0.05) is 60.2 Å². The van der Waals surface area contributed by atoms with Crippen LogP contribution in [0.25, 0.3) is 0 Å². The first-order chi connectivity index (χ1) is 11.5. The number of nitrogens with zero attached hydrogens (tertiary/aromatic N) is 1. The molecular formula is C18H22N2O3S. The van der Waals surface area contributed by atoms with Gasteiger partial charge in [0.25, 0.3) is 0 Å². The summed E-state index contributed by atoms with van der Waals surface area (Å²) < 4.78 is 28.3. The van der Waals surface area contributed by atoms with Crippen molar-refractivity contribution < 1.29 is 13.3 Å². The third-order valence-electron chi connectivity index (χ3n) is 4.32. The smallest absolute Gasteiger partial charge is 0.219 e. The Hall–Kier alpha value is -1.73. The fourth-order valence-corrected chi connectivity index (χ4v) is 4.42. The summed E-state index contributed by atoms with van der Waals surface area (Å²) in [5, 5.41) is 0.987. The zero-order valence-electron chi connectivity index (χ0n) is 13.8. The standard InChI is InChI=1S/C18H22N2O3S/c1-14-8-10-15(11-9-14)12-19-24(21,22)17-13-23-20(2)18(17)16-6-4-3-5-7-16/h3-11,17-19H,12-13H2,1-2H3/t17-,18+/m0/s1. The summed E-state index contributed by atoms with van der Waals surface area (Å²) in [6, 6.07) is 17.1. The Morgan fingerprint density at radius 2 is 1.79 bits per heavy atom. The van der Waals surface area contributed by atoms with Gasteiger partial charge < -0.3 is 0 Å². The van der Waals surface area contributed by atoms with Crippen LogP contribution < -0.4 is 4.72 Å². The lowest BCUT2D eigenvalue weighted by molar-refractivity contribution is -0.110. The molecule has 2 aromatic carbocycles. The molecule has 0 aliphatic carbocycles. The summed E-state index contributed by atoms with van der Waals surface area (Å²) in [5.41, 5.74) is 3.02. The third-order valence-corrected chi connectivity index (χ3v) is 6.06. The molecule has 128 valence electrons. The van der Waals surface area contributed by atoms with E-state index >= 15 is 0 Å². The molecular weight excluding hydrogens is 324 g/mol.